The van der Waals surface area contributed by atoms with Crippen LogP contribution in [0.2, 0.25) is 0 Å². The Kier molecular flexibility index (Phi) is 6.19. The average molecular weight is 399 g/mol. The molecule has 1 spiro atoms. The van der Waals surface area contributed by atoms with Crippen LogP contribution in [0.25, 0.3) is 0 Å². The Morgan fingerprint density at radius 1 is 1.28 bits per heavy atom. The van der Waals surface area contributed by atoms with Crippen molar-refractivity contribution in [2.75, 3.05) is 26.2 Å². The number of benzene rings is 1. The first-order valence-electron chi connectivity index (χ1n) is 11.9. The van der Waals surface area contributed by atoms with Crippen molar-refractivity contribution in [3.63, 3.8) is 0 Å². The summed E-state index contributed by atoms with van der Waals surface area (Å²) in [6, 6.07) is 6.97. The topological polar surface area (TPSA) is 41.6 Å². The van der Waals surface area contributed by atoms with Gasteiger partial charge in [-0.2, -0.15) is 0 Å². The zero-order valence-corrected chi connectivity index (χ0v) is 18.5. The van der Waals surface area contributed by atoms with E-state index in [9.17, 15) is 4.79 Å². The highest BCUT2D eigenvalue weighted by molar-refractivity contribution is 5.82. The van der Waals surface area contributed by atoms with Crippen molar-refractivity contribution in [3.05, 3.63) is 29.3 Å². The summed E-state index contributed by atoms with van der Waals surface area (Å²) < 4.78 is 6.15. The number of rotatable bonds is 5. The fourth-order valence-corrected chi connectivity index (χ4v) is 6.28. The number of para-hydroxylation sites is 1. The molecule has 0 radical (unpaired) electrons. The van der Waals surface area contributed by atoms with Gasteiger partial charge in [-0.3, -0.25) is 4.79 Å². The molecular weight excluding hydrogens is 360 g/mol. The third-order valence-corrected chi connectivity index (χ3v) is 7.99. The number of piperidine rings is 1. The minimum Gasteiger partial charge on any atom is -0.493 e. The van der Waals surface area contributed by atoms with E-state index in [0.717, 1.165) is 57.5 Å². The van der Waals surface area contributed by atoms with Crippen LogP contribution in [0.5, 0.6) is 5.75 Å². The monoisotopic (exact) mass is 398 g/mol. The number of amides is 1. The maximum Gasteiger partial charge on any atom is 0.228 e. The summed E-state index contributed by atoms with van der Waals surface area (Å²) in [5, 5.41) is 3.60. The summed E-state index contributed by atoms with van der Waals surface area (Å²) in [4.78, 5) is 16.3. The Hall–Kier alpha value is -1.55. The molecule has 1 aromatic rings. The lowest BCUT2D eigenvalue weighted by molar-refractivity contribution is -0.142. The number of aryl methyl sites for hydroxylation is 1. The molecule has 29 heavy (non-hydrogen) atoms. The van der Waals surface area contributed by atoms with Gasteiger partial charge in [-0.15, -0.1) is 0 Å². The summed E-state index contributed by atoms with van der Waals surface area (Å²) in [6.07, 6.45) is 7.80. The van der Waals surface area contributed by atoms with Gasteiger partial charge >= 0.3 is 0 Å². The first-order valence-corrected chi connectivity index (χ1v) is 11.9. The first kappa shape index (κ1) is 20.7. The van der Waals surface area contributed by atoms with E-state index in [1.807, 2.05) is 0 Å². The summed E-state index contributed by atoms with van der Waals surface area (Å²) in [6.45, 7) is 10.1. The van der Waals surface area contributed by atoms with E-state index in [2.05, 4.69) is 49.2 Å². The van der Waals surface area contributed by atoms with Crippen LogP contribution in [0, 0.1) is 11.8 Å². The Morgan fingerprint density at radius 3 is 2.86 bits per heavy atom. The van der Waals surface area contributed by atoms with Crippen molar-refractivity contribution in [2.45, 2.75) is 77.2 Å². The summed E-state index contributed by atoms with van der Waals surface area (Å²) >= 11 is 0. The number of carbonyl (C=O) groups is 1. The maximum absolute atomic E-state index is 14.0. The minimum absolute atomic E-state index is 0.0206. The van der Waals surface area contributed by atoms with Gasteiger partial charge in [0.05, 0.1) is 12.5 Å². The normalized spacial score (nSPS) is 29.2. The Morgan fingerprint density at radius 2 is 2.10 bits per heavy atom. The van der Waals surface area contributed by atoms with Crippen molar-refractivity contribution >= 4 is 5.91 Å². The van der Waals surface area contributed by atoms with Gasteiger partial charge in [0.2, 0.25) is 5.91 Å². The molecule has 0 aromatic heterocycles. The highest BCUT2D eigenvalue weighted by Gasteiger charge is 2.52. The molecule has 1 amide bonds. The van der Waals surface area contributed by atoms with E-state index in [1.165, 1.54) is 24.0 Å². The second-order valence-electron chi connectivity index (χ2n) is 9.26. The molecule has 2 fully saturated rings. The van der Waals surface area contributed by atoms with Gasteiger partial charge in [0.25, 0.3) is 0 Å². The lowest BCUT2D eigenvalue weighted by Crippen LogP contribution is -2.54. The summed E-state index contributed by atoms with van der Waals surface area (Å²) in [7, 11) is 0. The number of hydrogen-bond acceptors (Lipinski definition) is 3. The standard InChI is InChI=1S/C25H38N2O2/c1-4-18(5-2)22-12-7-8-14-27(22)24(28)21-16-26-17-25(21)13-15-29-23-19(6-3)10-9-11-20(23)25/h9-11,18,21-22,26H,4-8,12-17H2,1-3H3/t21-,22?,25-/m0/s1. The van der Waals surface area contributed by atoms with Gasteiger partial charge in [-0.1, -0.05) is 51.8 Å². The van der Waals surface area contributed by atoms with Crippen LogP contribution in [-0.2, 0) is 16.6 Å². The molecule has 4 heteroatoms. The molecule has 2 saturated heterocycles. The SMILES string of the molecule is CCc1cccc2c1OCC[C@]21CNC[C@H]1C(=O)N1CCCCC1C(CC)CC. The van der Waals surface area contributed by atoms with Crippen molar-refractivity contribution < 1.29 is 9.53 Å². The molecule has 160 valence electrons. The number of carbonyl (C=O) groups excluding carboxylic acids is 1. The molecule has 4 rings (SSSR count). The number of nitrogens with zero attached hydrogens (tertiary/aromatic N) is 1. The molecule has 1 unspecified atom stereocenters. The predicted octanol–water partition coefficient (Wildman–Crippen LogP) is 4.31. The Balaban J connectivity index is 1.68. The van der Waals surface area contributed by atoms with E-state index in [4.69, 9.17) is 4.74 Å². The van der Waals surface area contributed by atoms with Crippen LogP contribution in [0.1, 0.15) is 70.4 Å². The third-order valence-electron chi connectivity index (χ3n) is 7.99. The molecule has 3 atom stereocenters. The molecule has 4 nitrogen and oxygen atoms in total. The van der Waals surface area contributed by atoms with Gasteiger partial charge in [0.1, 0.15) is 5.75 Å². The van der Waals surface area contributed by atoms with Gasteiger partial charge in [0.15, 0.2) is 0 Å². The minimum atomic E-state index is -0.119. The molecule has 0 bridgehead atoms. The molecule has 1 aromatic carbocycles. The van der Waals surface area contributed by atoms with Gasteiger partial charge < -0.3 is 15.0 Å². The van der Waals surface area contributed by atoms with E-state index in [1.54, 1.807) is 0 Å². The number of likely N-dealkylation sites (tertiary alicyclic amines) is 1. The summed E-state index contributed by atoms with van der Waals surface area (Å²) in [5.74, 6) is 2.09. The quantitative estimate of drug-likeness (QED) is 0.804. The highest BCUT2D eigenvalue weighted by Crippen LogP contribution is 2.48. The van der Waals surface area contributed by atoms with Crippen molar-refractivity contribution in [1.82, 2.24) is 10.2 Å². The van der Waals surface area contributed by atoms with Crippen LogP contribution in [-0.4, -0.2) is 43.1 Å². The lowest BCUT2D eigenvalue weighted by atomic mass is 9.67. The van der Waals surface area contributed by atoms with E-state index in [0.29, 0.717) is 24.5 Å². The van der Waals surface area contributed by atoms with Crippen molar-refractivity contribution in [3.8, 4) is 5.75 Å². The molecule has 1 N–H and O–H groups in total. The number of nitrogens with one attached hydrogen (secondary N) is 1. The van der Waals surface area contributed by atoms with Crippen LogP contribution < -0.4 is 10.1 Å². The van der Waals surface area contributed by atoms with Gasteiger partial charge in [0, 0.05) is 36.7 Å². The van der Waals surface area contributed by atoms with E-state index >= 15 is 0 Å². The Labute approximate surface area is 176 Å². The van der Waals surface area contributed by atoms with Crippen LogP contribution in [0.15, 0.2) is 18.2 Å². The number of ether oxygens (including phenoxy) is 1. The third kappa shape index (κ3) is 3.48. The zero-order valence-electron chi connectivity index (χ0n) is 18.5. The van der Waals surface area contributed by atoms with Crippen molar-refractivity contribution in [1.29, 1.82) is 0 Å². The molecule has 0 saturated carbocycles. The van der Waals surface area contributed by atoms with Crippen LogP contribution in [0.3, 0.4) is 0 Å². The lowest BCUT2D eigenvalue weighted by Gasteiger charge is -2.45. The van der Waals surface area contributed by atoms with Crippen LogP contribution >= 0.6 is 0 Å². The van der Waals surface area contributed by atoms with Crippen molar-refractivity contribution in [2.24, 2.45) is 11.8 Å². The zero-order chi connectivity index (χ0) is 20.4. The maximum atomic E-state index is 14.0. The molecule has 0 aliphatic carbocycles. The van der Waals surface area contributed by atoms with E-state index in [-0.39, 0.29) is 11.3 Å². The molecule has 3 aliphatic heterocycles. The summed E-state index contributed by atoms with van der Waals surface area (Å²) in [5.41, 5.74) is 2.42. The molecule has 3 aliphatic rings. The molecular formula is C25H38N2O2. The van der Waals surface area contributed by atoms with Gasteiger partial charge in [-0.05, 0) is 43.6 Å². The Bertz CT molecular complexity index is 730. The molecule has 3 heterocycles. The largest absolute Gasteiger partial charge is 0.493 e. The second kappa shape index (κ2) is 8.67. The predicted molar refractivity (Wildman–Crippen MR) is 117 cm³/mol. The van der Waals surface area contributed by atoms with E-state index < -0.39 is 0 Å². The number of fused-ring (bicyclic) bond motifs is 2. The smallest absolute Gasteiger partial charge is 0.228 e. The highest BCUT2D eigenvalue weighted by atomic mass is 16.5. The van der Waals surface area contributed by atoms with Crippen LogP contribution in [0.4, 0.5) is 0 Å². The fourth-order valence-electron chi connectivity index (χ4n) is 6.28. The number of hydrogen-bond donors (Lipinski definition) is 1. The van der Waals surface area contributed by atoms with Gasteiger partial charge in [-0.25, -0.2) is 0 Å². The average Bonchev–Trinajstić information content (AvgIpc) is 3.18. The second-order valence-corrected chi connectivity index (χ2v) is 9.26. The first-order chi connectivity index (χ1) is 14.2. The fraction of sp³-hybridized carbons (Fsp3) is 0.720.